The number of sulfonamides is 1. The summed E-state index contributed by atoms with van der Waals surface area (Å²) in [7, 11) is -3.76. The van der Waals surface area contributed by atoms with Gasteiger partial charge >= 0.3 is 0 Å². The van der Waals surface area contributed by atoms with Crippen molar-refractivity contribution in [3.8, 4) is 11.5 Å². The van der Waals surface area contributed by atoms with Gasteiger partial charge in [0, 0.05) is 19.0 Å². The van der Waals surface area contributed by atoms with Crippen molar-refractivity contribution in [2.75, 3.05) is 30.2 Å². The van der Waals surface area contributed by atoms with Crippen molar-refractivity contribution in [1.29, 1.82) is 0 Å². The first-order chi connectivity index (χ1) is 14.3. The minimum atomic E-state index is -3.76. The fourth-order valence-corrected chi connectivity index (χ4v) is 4.24. The molecule has 1 aliphatic rings. The van der Waals surface area contributed by atoms with E-state index in [1.54, 1.807) is 41.3 Å². The third-order valence-electron chi connectivity index (χ3n) is 5.03. The number of ether oxygens (including phenoxy) is 1. The number of primary amides is 1. The van der Waals surface area contributed by atoms with E-state index in [2.05, 4.69) is 0 Å². The molecule has 1 aliphatic heterocycles. The molecule has 2 aromatic rings. The molecule has 1 heterocycles. The maximum atomic E-state index is 12.8. The highest BCUT2D eigenvalue weighted by molar-refractivity contribution is 7.92. The Morgan fingerprint density at radius 2 is 1.67 bits per heavy atom. The molecule has 2 N–H and O–H groups in total. The topological polar surface area (TPSA) is 110 Å². The second kappa shape index (κ2) is 9.17. The van der Waals surface area contributed by atoms with E-state index >= 15 is 0 Å². The van der Waals surface area contributed by atoms with Crippen LogP contribution >= 0.6 is 0 Å². The Bertz CT molecular complexity index is 1000. The van der Waals surface area contributed by atoms with Crippen molar-refractivity contribution >= 4 is 27.5 Å². The zero-order valence-corrected chi connectivity index (χ0v) is 17.5. The molecule has 0 atom stereocenters. The van der Waals surface area contributed by atoms with Gasteiger partial charge in [-0.3, -0.25) is 13.9 Å². The maximum absolute atomic E-state index is 12.8. The van der Waals surface area contributed by atoms with Gasteiger partial charge in [-0.2, -0.15) is 0 Å². The highest BCUT2D eigenvalue weighted by atomic mass is 32.2. The van der Waals surface area contributed by atoms with Crippen molar-refractivity contribution < 1.29 is 22.7 Å². The predicted molar refractivity (Wildman–Crippen MR) is 114 cm³/mol. The van der Waals surface area contributed by atoms with E-state index in [1.807, 2.05) is 18.2 Å². The molecule has 0 aromatic heterocycles. The second-order valence-corrected chi connectivity index (χ2v) is 9.12. The van der Waals surface area contributed by atoms with Crippen molar-refractivity contribution in [3.05, 3.63) is 54.6 Å². The zero-order chi connectivity index (χ0) is 21.7. The van der Waals surface area contributed by atoms with Gasteiger partial charge in [0.25, 0.3) is 0 Å². The lowest BCUT2D eigenvalue weighted by Gasteiger charge is -2.32. The quantitative estimate of drug-likeness (QED) is 0.721. The number of piperidine rings is 1. The summed E-state index contributed by atoms with van der Waals surface area (Å²) in [5.41, 5.74) is 5.62. The van der Waals surface area contributed by atoms with Crippen LogP contribution in [0.2, 0.25) is 0 Å². The smallest absolute Gasteiger partial charge is 0.243 e. The normalized spacial score (nSPS) is 14.9. The van der Waals surface area contributed by atoms with E-state index in [9.17, 15) is 18.0 Å². The number of nitrogens with two attached hydrogens (primary N) is 1. The molecule has 1 fully saturated rings. The van der Waals surface area contributed by atoms with Gasteiger partial charge in [0.1, 0.15) is 12.3 Å². The summed E-state index contributed by atoms with van der Waals surface area (Å²) in [4.78, 5) is 25.7. The number of amides is 2. The number of nitrogens with zero attached hydrogens (tertiary/aromatic N) is 2. The molecule has 0 radical (unpaired) electrons. The standard InChI is InChI=1S/C21H25N3O5S/c1-30(27,28)24(15-20(25)23-13-11-16(12-14-23)21(22)26)18-9-5-6-10-19(18)29-17-7-3-2-4-8-17/h2-10,16H,11-15H2,1H3,(H2,22,26). The van der Waals surface area contributed by atoms with Gasteiger partial charge in [-0.25, -0.2) is 8.42 Å². The van der Waals surface area contributed by atoms with Crippen LogP contribution in [0.1, 0.15) is 12.8 Å². The molecule has 0 aliphatic carbocycles. The van der Waals surface area contributed by atoms with E-state index in [4.69, 9.17) is 10.5 Å². The van der Waals surface area contributed by atoms with E-state index in [0.717, 1.165) is 10.6 Å². The van der Waals surface area contributed by atoms with E-state index in [1.165, 1.54) is 0 Å². The average Bonchev–Trinajstić information content (AvgIpc) is 2.72. The molecule has 0 bridgehead atoms. The molecule has 0 saturated carbocycles. The van der Waals surface area contributed by atoms with Crippen LogP contribution in [-0.2, 0) is 19.6 Å². The number of likely N-dealkylation sites (tertiary alicyclic amines) is 1. The molecule has 160 valence electrons. The molecule has 2 aromatic carbocycles. The summed E-state index contributed by atoms with van der Waals surface area (Å²) in [6, 6.07) is 15.7. The van der Waals surface area contributed by atoms with Gasteiger partial charge in [-0.05, 0) is 37.1 Å². The van der Waals surface area contributed by atoms with Crippen LogP contribution in [0.5, 0.6) is 11.5 Å². The van der Waals surface area contributed by atoms with E-state index < -0.39 is 10.0 Å². The molecular formula is C21H25N3O5S. The van der Waals surface area contributed by atoms with Crippen molar-refractivity contribution in [2.24, 2.45) is 11.7 Å². The van der Waals surface area contributed by atoms with Crippen molar-refractivity contribution in [3.63, 3.8) is 0 Å². The van der Waals surface area contributed by atoms with Gasteiger partial charge in [0.2, 0.25) is 21.8 Å². The summed E-state index contributed by atoms with van der Waals surface area (Å²) >= 11 is 0. The number of rotatable bonds is 7. The highest BCUT2D eigenvalue weighted by Gasteiger charge is 2.30. The number of carbonyl (C=O) groups is 2. The Morgan fingerprint density at radius 3 is 2.27 bits per heavy atom. The lowest BCUT2D eigenvalue weighted by molar-refractivity contribution is -0.133. The van der Waals surface area contributed by atoms with Crippen LogP contribution in [0.4, 0.5) is 5.69 Å². The van der Waals surface area contributed by atoms with Crippen LogP contribution in [-0.4, -0.2) is 51.0 Å². The van der Waals surface area contributed by atoms with Crippen molar-refractivity contribution in [1.82, 2.24) is 4.90 Å². The van der Waals surface area contributed by atoms with Crippen LogP contribution < -0.4 is 14.8 Å². The molecular weight excluding hydrogens is 406 g/mol. The Hall–Kier alpha value is -3.07. The van der Waals surface area contributed by atoms with Crippen LogP contribution in [0.3, 0.4) is 0 Å². The number of carbonyl (C=O) groups excluding carboxylic acids is 2. The summed E-state index contributed by atoms with van der Waals surface area (Å²) in [6.45, 7) is 0.383. The number of hydrogen-bond acceptors (Lipinski definition) is 5. The highest BCUT2D eigenvalue weighted by Crippen LogP contribution is 2.33. The summed E-state index contributed by atoms with van der Waals surface area (Å²) in [5, 5.41) is 0. The van der Waals surface area contributed by atoms with Crippen LogP contribution in [0, 0.1) is 5.92 Å². The van der Waals surface area contributed by atoms with Gasteiger partial charge < -0.3 is 15.4 Å². The molecule has 0 spiro atoms. The fourth-order valence-electron chi connectivity index (χ4n) is 3.38. The SMILES string of the molecule is CS(=O)(=O)N(CC(=O)N1CCC(C(N)=O)CC1)c1ccccc1Oc1ccccc1. The molecule has 0 unspecified atom stereocenters. The molecule has 3 rings (SSSR count). The van der Waals surface area contributed by atoms with Crippen molar-refractivity contribution in [2.45, 2.75) is 12.8 Å². The maximum Gasteiger partial charge on any atom is 0.243 e. The van der Waals surface area contributed by atoms with E-state index in [0.29, 0.717) is 37.4 Å². The molecule has 1 saturated heterocycles. The molecule has 2 amide bonds. The number of para-hydroxylation sites is 3. The number of benzene rings is 2. The average molecular weight is 432 g/mol. The second-order valence-electron chi connectivity index (χ2n) is 7.21. The Labute approximate surface area is 176 Å². The minimum absolute atomic E-state index is 0.250. The predicted octanol–water partition coefficient (Wildman–Crippen LogP) is 1.97. The first kappa shape index (κ1) is 21.6. The summed E-state index contributed by atoms with van der Waals surface area (Å²) in [5.74, 6) is -0.0719. The first-order valence-electron chi connectivity index (χ1n) is 9.62. The Morgan fingerprint density at radius 1 is 1.07 bits per heavy atom. The molecule has 30 heavy (non-hydrogen) atoms. The first-order valence-corrected chi connectivity index (χ1v) is 11.5. The molecule has 8 nitrogen and oxygen atoms in total. The van der Waals surface area contributed by atoms with Crippen LogP contribution in [0.25, 0.3) is 0 Å². The van der Waals surface area contributed by atoms with E-state index in [-0.39, 0.29) is 30.0 Å². The summed E-state index contributed by atoms with van der Waals surface area (Å²) in [6.07, 6.45) is 2.01. The van der Waals surface area contributed by atoms with Gasteiger partial charge in [-0.1, -0.05) is 30.3 Å². The third-order valence-corrected chi connectivity index (χ3v) is 6.16. The van der Waals surface area contributed by atoms with Gasteiger partial charge in [0.15, 0.2) is 5.75 Å². The monoisotopic (exact) mass is 431 g/mol. The number of anilines is 1. The largest absolute Gasteiger partial charge is 0.455 e. The van der Waals surface area contributed by atoms with Crippen LogP contribution in [0.15, 0.2) is 54.6 Å². The van der Waals surface area contributed by atoms with Gasteiger partial charge in [-0.15, -0.1) is 0 Å². The molecule has 9 heteroatoms. The lowest BCUT2D eigenvalue weighted by atomic mass is 9.96. The van der Waals surface area contributed by atoms with Gasteiger partial charge in [0.05, 0.1) is 11.9 Å². The number of hydrogen-bond donors (Lipinski definition) is 1. The lowest BCUT2D eigenvalue weighted by Crippen LogP contribution is -2.47. The fraction of sp³-hybridized carbons (Fsp3) is 0.333. The zero-order valence-electron chi connectivity index (χ0n) is 16.7. The Kier molecular flexibility index (Phi) is 6.61. The summed E-state index contributed by atoms with van der Waals surface area (Å²) < 4.78 is 32.0. The minimum Gasteiger partial charge on any atom is -0.455 e. The third kappa shape index (κ3) is 5.29. The Balaban J connectivity index is 1.81.